The van der Waals surface area contributed by atoms with Gasteiger partial charge in [0.2, 0.25) is 0 Å². The Hall–Kier alpha value is -2.31. The number of nitrogens with zero attached hydrogens (tertiary/aromatic N) is 1. The zero-order valence-corrected chi connectivity index (χ0v) is 18.5. The van der Waals surface area contributed by atoms with Crippen molar-refractivity contribution in [2.45, 2.75) is 38.7 Å². The molecule has 2 aliphatic rings. The van der Waals surface area contributed by atoms with Crippen molar-refractivity contribution in [1.29, 1.82) is 0 Å². The summed E-state index contributed by atoms with van der Waals surface area (Å²) in [6.07, 6.45) is 6.04. The predicted octanol–water partition coefficient (Wildman–Crippen LogP) is 3.87. The van der Waals surface area contributed by atoms with Gasteiger partial charge in [-0.1, -0.05) is 29.8 Å². The van der Waals surface area contributed by atoms with Crippen LogP contribution in [0, 0.1) is 18.8 Å². The van der Waals surface area contributed by atoms with Crippen molar-refractivity contribution < 1.29 is 13.9 Å². The molecule has 2 saturated heterocycles. The molecule has 2 aliphatic heterocycles. The average molecular weight is 426 g/mol. The highest BCUT2D eigenvalue weighted by Gasteiger charge is 2.27. The monoisotopic (exact) mass is 425 g/mol. The molecule has 2 fully saturated rings. The highest BCUT2D eigenvalue weighted by atomic mass is 16.5. The summed E-state index contributed by atoms with van der Waals surface area (Å²) in [5.41, 5.74) is 2.55. The first-order valence-corrected chi connectivity index (χ1v) is 11.6. The van der Waals surface area contributed by atoms with Crippen LogP contribution in [0.25, 0.3) is 0 Å². The largest absolute Gasteiger partial charge is 0.469 e. The molecule has 6 nitrogen and oxygen atoms in total. The molecule has 4 rings (SSSR count). The molecule has 0 amide bonds. The van der Waals surface area contributed by atoms with Gasteiger partial charge in [0.05, 0.1) is 19.0 Å². The topological polar surface area (TPSA) is 68.0 Å². The summed E-state index contributed by atoms with van der Waals surface area (Å²) in [4.78, 5) is 4.86. The molecule has 2 aromatic rings. The molecule has 0 saturated carbocycles. The fourth-order valence-electron chi connectivity index (χ4n) is 4.29. The summed E-state index contributed by atoms with van der Waals surface area (Å²) in [5.74, 6) is 2.79. The van der Waals surface area contributed by atoms with Gasteiger partial charge in [0.15, 0.2) is 5.96 Å². The van der Waals surface area contributed by atoms with Crippen molar-refractivity contribution in [2.24, 2.45) is 16.8 Å². The van der Waals surface area contributed by atoms with Crippen LogP contribution >= 0.6 is 0 Å². The molecule has 168 valence electrons. The van der Waals surface area contributed by atoms with Crippen molar-refractivity contribution in [3.8, 4) is 0 Å². The van der Waals surface area contributed by atoms with E-state index in [0.717, 1.165) is 76.9 Å². The van der Waals surface area contributed by atoms with Gasteiger partial charge < -0.3 is 24.5 Å². The number of hydrogen-bond donors (Lipinski definition) is 2. The van der Waals surface area contributed by atoms with Crippen LogP contribution in [0.4, 0.5) is 0 Å². The van der Waals surface area contributed by atoms with E-state index in [9.17, 15) is 0 Å². The third-order valence-corrected chi connectivity index (χ3v) is 6.16. The van der Waals surface area contributed by atoms with Crippen molar-refractivity contribution in [1.82, 2.24) is 10.6 Å². The molecule has 3 heterocycles. The Morgan fingerprint density at radius 1 is 1.10 bits per heavy atom. The van der Waals surface area contributed by atoms with E-state index < -0.39 is 0 Å². The first kappa shape index (κ1) is 21.9. The Morgan fingerprint density at radius 2 is 2.00 bits per heavy atom. The number of ether oxygens (including phenoxy) is 2. The van der Waals surface area contributed by atoms with E-state index in [1.807, 2.05) is 12.1 Å². The Kier molecular flexibility index (Phi) is 8.02. The summed E-state index contributed by atoms with van der Waals surface area (Å²) in [6, 6.07) is 12.7. The molecule has 0 radical (unpaired) electrons. The Labute approximate surface area is 185 Å². The maximum absolute atomic E-state index is 6.19. The van der Waals surface area contributed by atoms with E-state index in [2.05, 4.69) is 41.8 Å². The number of aliphatic imine (C=N–C) groups is 1. The van der Waals surface area contributed by atoms with Crippen LogP contribution in [0.15, 0.2) is 52.1 Å². The summed E-state index contributed by atoms with van der Waals surface area (Å²) in [7, 11) is 0. The highest BCUT2D eigenvalue weighted by molar-refractivity contribution is 5.79. The van der Waals surface area contributed by atoms with E-state index >= 15 is 0 Å². The molecular formula is C25H35N3O3. The molecule has 31 heavy (non-hydrogen) atoms. The fraction of sp³-hybridized carbons (Fsp3) is 0.560. The molecule has 3 atom stereocenters. The zero-order valence-electron chi connectivity index (χ0n) is 18.5. The lowest BCUT2D eigenvalue weighted by Crippen LogP contribution is -2.43. The third-order valence-electron chi connectivity index (χ3n) is 6.16. The van der Waals surface area contributed by atoms with Gasteiger partial charge in [-0.15, -0.1) is 0 Å². The number of nitrogens with one attached hydrogen (secondary N) is 2. The zero-order chi connectivity index (χ0) is 21.3. The van der Waals surface area contributed by atoms with Crippen molar-refractivity contribution in [2.75, 3.05) is 39.5 Å². The smallest absolute Gasteiger partial charge is 0.191 e. The van der Waals surface area contributed by atoms with Crippen molar-refractivity contribution in [3.05, 3.63) is 59.5 Å². The number of aryl methyl sites for hydroxylation is 1. The molecule has 1 aromatic carbocycles. The lowest BCUT2D eigenvalue weighted by molar-refractivity contribution is -0.0265. The second kappa shape index (κ2) is 11.3. The number of guanidine groups is 1. The molecular weight excluding hydrogens is 390 g/mol. The van der Waals surface area contributed by atoms with E-state index in [1.165, 1.54) is 11.1 Å². The minimum Gasteiger partial charge on any atom is -0.469 e. The second-order valence-electron chi connectivity index (χ2n) is 8.66. The summed E-state index contributed by atoms with van der Waals surface area (Å²) < 4.78 is 17.1. The van der Waals surface area contributed by atoms with Gasteiger partial charge in [0, 0.05) is 51.1 Å². The number of benzene rings is 1. The molecule has 6 heteroatoms. The Morgan fingerprint density at radius 3 is 2.77 bits per heavy atom. The summed E-state index contributed by atoms with van der Waals surface area (Å²) in [6.45, 7) is 7.03. The lowest BCUT2D eigenvalue weighted by Gasteiger charge is -2.32. The first-order chi connectivity index (χ1) is 15.3. The minimum atomic E-state index is 0.134. The van der Waals surface area contributed by atoms with Crippen LogP contribution in [0.5, 0.6) is 0 Å². The molecule has 0 spiro atoms. The number of furan rings is 1. The van der Waals surface area contributed by atoms with E-state index in [1.54, 1.807) is 6.26 Å². The standard InChI is InChI=1S/C25H35N3O3/c1-19-6-8-21(9-7-19)24-22(4-2-14-31-24)17-28-25(27-16-20-11-15-29-18-20)26-12-10-23-5-3-13-30-23/h3,5-9,13,20,22,24H,2,4,10-12,14-18H2,1H3,(H2,26,27,28). The normalized spacial score (nSPS) is 24.3. The molecule has 2 N–H and O–H groups in total. The van der Waals surface area contributed by atoms with Crippen molar-refractivity contribution in [3.63, 3.8) is 0 Å². The minimum absolute atomic E-state index is 0.134. The van der Waals surface area contributed by atoms with E-state index in [-0.39, 0.29) is 6.10 Å². The molecule has 3 unspecified atom stereocenters. The van der Waals surface area contributed by atoms with Gasteiger partial charge in [-0.25, -0.2) is 0 Å². The third kappa shape index (κ3) is 6.58. The number of rotatable bonds is 8. The van der Waals surface area contributed by atoms with E-state index in [4.69, 9.17) is 18.9 Å². The Balaban J connectivity index is 1.35. The molecule has 0 bridgehead atoms. The summed E-state index contributed by atoms with van der Waals surface area (Å²) in [5, 5.41) is 7.07. The van der Waals surface area contributed by atoms with Gasteiger partial charge in [-0.2, -0.15) is 0 Å². The van der Waals surface area contributed by atoms with Crippen LogP contribution in [0.2, 0.25) is 0 Å². The quantitative estimate of drug-likeness (QED) is 0.496. The second-order valence-corrected chi connectivity index (χ2v) is 8.66. The van der Waals surface area contributed by atoms with E-state index in [0.29, 0.717) is 11.8 Å². The maximum atomic E-state index is 6.19. The average Bonchev–Trinajstić information content (AvgIpc) is 3.50. The predicted molar refractivity (Wildman–Crippen MR) is 122 cm³/mol. The van der Waals surface area contributed by atoms with Gasteiger partial charge in [-0.3, -0.25) is 4.99 Å². The van der Waals surface area contributed by atoms with Crippen LogP contribution < -0.4 is 10.6 Å². The maximum Gasteiger partial charge on any atom is 0.191 e. The van der Waals surface area contributed by atoms with Crippen LogP contribution in [-0.2, 0) is 15.9 Å². The van der Waals surface area contributed by atoms with Gasteiger partial charge >= 0.3 is 0 Å². The van der Waals surface area contributed by atoms with Crippen LogP contribution in [-0.4, -0.2) is 45.4 Å². The van der Waals surface area contributed by atoms with Gasteiger partial charge in [0.1, 0.15) is 5.76 Å². The Bertz CT molecular complexity index is 798. The first-order valence-electron chi connectivity index (χ1n) is 11.6. The number of hydrogen-bond acceptors (Lipinski definition) is 4. The van der Waals surface area contributed by atoms with Gasteiger partial charge in [-0.05, 0) is 43.9 Å². The highest BCUT2D eigenvalue weighted by Crippen LogP contribution is 2.33. The summed E-state index contributed by atoms with van der Waals surface area (Å²) >= 11 is 0. The van der Waals surface area contributed by atoms with Gasteiger partial charge in [0.25, 0.3) is 0 Å². The van der Waals surface area contributed by atoms with Crippen LogP contribution in [0.1, 0.15) is 42.3 Å². The molecule has 0 aliphatic carbocycles. The lowest BCUT2D eigenvalue weighted by atomic mass is 9.89. The fourth-order valence-corrected chi connectivity index (χ4v) is 4.29. The molecule has 1 aromatic heterocycles. The SMILES string of the molecule is Cc1ccc(C2OCCCC2CNC(=NCC2CCOC2)NCCc2ccco2)cc1. The van der Waals surface area contributed by atoms with Crippen LogP contribution in [0.3, 0.4) is 0 Å². The van der Waals surface area contributed by atoms with Crippen molar-refractivity contribution >= 4 is 5.96 Å².